The molecule has 1 aromatic carbocycles. The van der Waals surface area contributed by atoms with Gasteiger partial charge >= 0.3 is 0 Å². The number of carbonyl (C=O) groups excluding carboxylic acids is 2. The fraction of sp³-hybridized carbons (Fsp3) is 0.385. The second kappa shape index (κ2) is 6.17. The second-order valence-electron chi connectivity index (χ2n) is 4.52. The van der Waals surface area contributed by atoms with Crippen LogP contribution < -0.4 is 10.6 Å². The molecule has 1 aromatic rings. The fourth-order valence-corrected chi connectivity index (χ4v) is 1.44. The van der Waals surface area contributed by atoms with Crippen LogP contribution in [0.15, 0.2) is 18.2 Å². The molecular formula is C13H17FN2O3. The summed E-state index contributed by atoms with van der Waals surface area (Å²) in [4.78, 5) is 23.4. The number of rotatable bonds is 4. The summed E-state index contributed by atoms with van der Waals surface area (Å²) >= 11 is 0. The van der Waals surface area contributed by atoms with Crippen molar-refractivity contribution in [2.45, 2.75) is 32.9 Å². The van der Waals surface area contributed by atoms with Crippen molar-refractivity contribution < 1.29 is 19.1 Å². The molecule has 0 fully saturated rings. The van der Waals surface area contributed by atoms with Gasteiger partial charge in [0.15, 0.2) is 0 Å². The summed E-state index contributed by atoms with van der Waals surface area (Å²) in [5.74, 6) is -2.03. The molecule has 0 saturated carbocycles. The third kappa shape index (κ3) is 4.24. The summed E-state index contributed by atoms with van der Waals surface area (Å²) in [5.41, 5.74) is -0.204. The van der Waals surface area contributed by atoms with Gasteiger partial charge in [-0.15, -0.1) is 0 Å². The maximum absolute atomic E-state index is 13.0. The molecule has 0 radical (unpaired) electrons. The molecule has 0 aromatic heterocycles. The number of nitrogens with one attached hydrogen (secondary N) is 2. The standard InChI is InChI=1S/C13H17FN2O3/c1-7(2)15-12(18)8(3)16-13(19)10-6-9(14)4-5-11(10)17/h4-8,17H,1-3H3,(H,15,18)(H,16,19). The monoisotopic (exact) mass is 268 g/mol. The highest BCUT2D eigenvalue weighted by atomic mass is 19.1. The second-order valence-corrected chi connectivity index (χ2v) is 4.52. The molecule has 3 N–H and O–H groups in total. The van der Waals surface area contributed by atoms with Crippen molar-refractivity contribution in [2.24, 2.45) is 0 Å². The first-order valence-corrected chi connectivity index (χ1v) is 5.91. The quantitative estimate of drug-likeness (QED) is 0.767. The number of halogens is 1. The Labute approximate surface area is 110 Å². The minimum Gasteiger partial charge on any atom is -0.507 e. The van der Waals surface area contributed by atoms with Crippen LogP contribution in [0.5, 0.6) is 5.75 Å². The Morgan fingerprint density at radius 1 is 1.21 bits per heavy atom. The van der Waals surface area contributed by atoms with E-state index in [1.54, 1.807) is 13.8 Å². The number of hydrogen-bond donors (Lipinski definition) is 3. The van der Waals surface area contributed by atoms with Gasteiger partial charge in [0.1, 0.15) is 17.6 Å². The van der Waals surface area contributed by atoms with E-state index in [0.29, 0.717) is 0 Å². The molecule has 6 heteroatoms. The predicted octanol–water partition coefficient (Wildman–Crippen LogP) is 1.17. The zero-order valence-corrected chi connectivity index (χ0v) is 11.0. The summed E-state index contributed by atoms with van der Waals surface area (Å²) in [6.07, 6.45) is 0. The van der Waals surface area contributed by atoms with E-state index in [9.17, 15) is 19.1 Å². The van der Waals surface area contributed by atoms with E-state index in [4.69, 9.17) is 0 Å². The summed E-state index contributed by atoms with van der Waals surface area (Å²) < 4.78 is 13.0. The predicted molar refractivity (Wildman–Crippen MR) is 68.3 cm³/mol. The van der Waals surface area contributed by atoms with Crippen molar-refractivity contribution >= 4 is 11.8 Å². The first-order chi connectivity index (χ1) is 8.81. The van der Waals surface area contributed by atoms with E-state index in [1.807, 2.05) is 0 Å². The molecule has 0 spiro atoms. The topological polar surface area (TPSA) is 78.4 Å². The van der Waals surface area contributed by atoms with E-state index >= 15 is 0 Å². The average Bonchev–Trinajstić information content (AvgIpc) is 2.31. The molecule has 1 unspecified atom stereocenters. The number of hydrogen-bond acceptors (Lipinski definition) is 3. The van der Waals surface area contributed by atoms with Crippen molar-refractivity contribution in [2.75, 3.05) is 0 Å². The Morgan fingerprint density at radius 3 is 2.42 bits per heavy atom. The zero-order valence-electron chi connectivity index (χ0n) is 11.0. The van der Waals surface area contributed by atoms with Crippen molar-refractivity contribution in [3.63, 3.8) is 0 Å². The summed E-state index contributed by atoms with van der Waals surface area (Å²) in [6.45, 7) is 5.10. The first-order valence-electron chi connectivity index (χ1n) is 5.91. The normalized spacial score (nSPS) is 12.1. The third-order valence-corrected chi connectivity index (χ3v) is 2.38. The largest absolute Gasteiger partial charge is 0.507 e. The van der Waals surface area contributed by atoms with E-state index in [1.165, 1.54) is 6.92 Å². The van der Waals surface area contributed by atoms with Crippen molar-refractivity contribution in [1.82, 2.24) is 10.6 Å². The van der Waals surface area contributed by atoms with Gasteiger partial charge in [0, 0.05) is 6.04 Å². The van der Waals surface area contributed by atoms with Crippen LogP contribution in [0.1, 0.15) is 31.1 Å². The molecule has 5 nitrogen and oxygen atoms in total. The van der Waals surface area contributed by atoms with Gasteiger partial charge in [0.05, 0.1) is 5.56 Å². The molecule has 0 heterocycles. The van der Waals surface area contributed by atoms with Crippen LogP contribution >= 0.6 is 0 Å². The summed E-state index contributed by atoms with van der Waals surface area (Å²) in [6, 6.07) is 2.22. The number of phenolic OH excluding ortho intramolecular Hbond substituents is 1. The Hall–Kier alpha value is -2.11. The SMILES string of the molecule is CC(C)NC(=O)C(C)NC(=O)c1cc(F)ccc1O. The Kier molecular flexibility index (Phi) is 4.86. The van der Waals surface area contributed by atoms with Crippen LogP contribution in [0.25, 0.3) is 0 Å². The molecule has 0 saturated heterocycles. The van der Waals surface area contributed by atoms with Crippen LogP contribution in [0, 0.1) is 5.82 Å². The highest BCUT2D eigenvalue weighted by Gasteiger charge is 2.19. The zero-order chi connectivity index (χ0) is 14.6. The van der Waals surface area contributed by atoms with E-state index in [2.05, 4.69) is 10.6 Å². The number of aromatic hydroxyl groups is 1. The Bertz CT molecular complexity index is 489. The third-order valence-electron chi connectivity index (χ3n) is 2.38. The minimum atomic E-state index is -0.780. The molecule has 2 amide bonds. The van der Waals surface area contributed by atoms with Crippen molar-refractivity contribution in [3.8, 4) is 5.75 Å². The van der Waals surface area contributed by atoms with Crippen LogP contribution in [0.2, 0.25) is 0 Å². The maximum Gasteiger partial charge on any atom is 0.255 e. The van der Waals surface area contributed by atoms with E-state index in [0.717, 1.165) is 18.2 Å². The summed E-state index contributed by atoms with van der Waals surface area (Å²) in [7, 11) is 0. The van der Waals surface area contributed by atoms with Gasteiger partial charge in [-0.2, -0.15) is 0 Å². The smallest absolute Gasteiger partial charge is 0.255 e. The van der Waals surface area contributed by atoms with Gasteiger partial charge in [-0.3, -0.25) is 9.59 Å². The summed E-state index contributed by atoms with van der Waals surface area (Å²) in [5, 5.41) is 14.5. The van der Waals surface area contributed by atoms with Gasteiger partial charge in [-0.25, -0.2) is 4.39 Å². The molecule has 0 aliphatic carbocycles. The number of amides is 2. The number of benzene rings is 1. The van der Waals surface area contributed by atoms with Crippen LogP contribution in [0.3, 0.4) is 0 Å². The van der Waals surface area contributed by atoms with Gasteiger partial charge in [0.25, 0.3) is 5.91 Å². The van der Waals surface area contributed by atoms with Gasteiger partial charge in [-0.1, -0.05) is 0 Å². The molecule has 0 aliphatic heterocycles. The lowest BCUT2D eigenvalue weighted by atomic mass is 10.1. The maximum atomic E-state index is 13.0. The average molecular weight is 268 g/mol. The number of phenols is 1. The highest BCUT2D eigenvalue weighted by molar-refractivity contribution is 5.99. The first kappa shape index (κ1) is 14.9. The van der Waals surface area contributed by atoms with E-state index in [-0.39, 0.29) is 23.3 Å². The van der Waals surface area contributed by atoms with Gasteiger partial charge < -0.3 is 15.7 Å². The molecular weight excluding hydrogens is 251 g/mol. The molecule has 19 heavy (non-hydrogen) atoms. The molecule has 1 rings (SSSR count). The molecule has 0 aliphatic rings. The lowest BCUT2D eigenvalue weighted by Gasteiger charge is -2.16. The van der Waals surface area contributed by atoms with Gasteiger partial charge in [-0.05, 0) is 39.0 Å². The molecule has 104 valence electrons. The minimum absolute atomic E-state index is 0.0468. The van der Waals surface area contributed by atoms with Crippen LogP contribution in [-0.2, 0) is 4.79 Å². The fourth-order valence-electron chi connectivity index (χ4n) is 1.44. The van der Waals surface area contributed by atoms with Crippen LogP contribution in [-0.4, -0.2) is 29.0 Å². The highest BCUT2D eigenvalue weighted by Crippen LogP contribution is 2.17. The lowest BCUT2D eigenvalue weighted by molar-refractivity contribution is -0.123. The molecule has 1 atom stereocenters. The lowest BCUT2D eigenvalue weighted by Crippen LogP contribution is -2.46. The van der Waals surface area contributed by atoms with Crippen LogP contribution in [0.4, 0.5) is 4.39 Å². The van der Waals surface area contributed by atoms with Crippen molar-refractivity contribution in [3.05, 3.63) is 29.6 Å². The van der Waals surface area contributed by atoms with Gasteiger partial charge in [0.2, 0.25) is 5.91 Å². The Morgan fingerprint density at radius 2 is 1.84 bits per heavy atom. The number of carbonyl (C=O) groups is 2. The van der Waals surface area contributed by atoms with E-state index < -0.39 is 17.8 Å². The Balaban J connectivity index is 2.74. The van der Waals surface area contributed by atoms with Crippen molar-refractivity contribution in [1.29, 1.82) is 0 Å². The molecule has 0 bridgehead atoms.